The van der Waals surface area contributed by atoms with Crippen molar-refractivity contribution in [2.45, 2.75) is 18.4 Å². The molecule has 0 atom stereocenters. The number of aryl methyl sites for hydroxylation is 1. The number of amides is 2. The second kappa shape index (κ2) is 9.95. The Morgan fingerprint density at radius 1 is 0.938 bits per heavy atom. The number of nitrogens with zero attached hydrogens (tertiary/aromatic N) is 1. The number of primary amides is 1. The molecule has 3 aromatic carbocycles. The fourth-order valence-electron chi connectivity index (χ4n) is 2.96. The van der Waals surface area contributed by atoms with Crippen molar-refractivity contribution < 1.29 is 18.0 Å². The lowest BCUT2D eigenvalue weighted by Crippen LogP contribution is -2.37. The number of benzene rings is 3. The van der Waals surface area contributed by atoms with Crippen molar-refractivity contribution >= 4 is 39.1 Å². The van der Waals surface area contributed by atoms with Crippen molar-refractivity contribution in [3.05, 3.63) is 94.5 Å². The van der Waals surface area contributed by atoms with Gasteiger partial charge in [0.25, 0.3) is 0 Å². The Balaban J connectivity index is 1.84. The molecule has 9 heteroatoms. The van der Waals surface area contributed by atoms with Crippen LogP contribution >= 0.6 is 11.6 Å². The molecule has 0 bridgehead atoms. The average molecular weight is 472 g/mol. The average Bonchev–Trinajstić information content (AvgIpc) is 2.75. The highest BCUT2D eigenvalue weighted by Gasteiger charge is 2.27. The van der Waals surface area contributed by atoms with Crippen molar-refractivity contribution in [1.82, 2.24) is 4.31 Å². The van der Waals surface area contributed by atoms with E-state index in [1.54, 1.807) is 0 Å². The summed E-state index contributed by atoms with van der Waals surface area (Å²) in [6.45, 7) is 1.54. The Kier molecular flexibility index (Phi) is 7.29. The molecule has 0 radical (unpaired) electrons. The molecule has 3 N–H and O–H groups in total. The van der Waals surface area contributed by atoms with Crippen LogP contribution in [-0.2, 0) is 21.4 Å². The van der Waals surface area contributed by atoms with E-state index in [1.807, 2.05) is 31.2 Å². The topological polar surface area (TPSA) is 110 Å². The molecular weight excluding hydrogens is 450 g/mol. The first-order valence-electron chi connectivity index (χ1n) is 9.66. The molecule has 0 heterocycles. The number of halogens is 1. The van der Waals surface area contributed by atoms with Gasteiger partial charge in [-0.1, -0.05) is 41.4 Å². The Hall–Kier alpha value is -3.20. The number of nitrogens with two attached hydrogens (primary N) is 1. The van der Waals surface area contributed by atoms with Crippen LogP contribution in [0.15, 0.2) is 77.7 Å². The summed E-state index contributed by atoms with van der Waals surface area (Å²) in [5.74, 6) is -1.11. The lowest BCUT2D eigenvalue weighted by molar-refractivity contribution is -0.116. The van der Waals surface area contributed by atoms with E-state index >= 15 is 0 Å². The van der Waals surface area contributed by atoms with E-state index in [4.69, 9.17) is 17.3 Å². The van der Waals surface area contributed by atoms with Gasteiger partial charge in [-0.2, -0.15) is 4.31 Å². The molecule has 0 aliphatic carbocycles. The maximum Gasteiger partial charge on any atom is 0.248 e. The predicted molar refractivity (Wildman–Crippen MR) is 124 cm³/mol. The molecule has 0 spiro atoms. The third-order valence-electron chi connectivity index (χ3n) is 4.70. The number of nitrogens with one attached hydrogen (secondary N) is 1. The zero-order valence-corrected chi connectivity index (χ0v) is 18.9. The summed E-state index contributed by atoms with van der Waals surface area (Å²) in [7, 11) is -3.98. The largest absolute Gasteiger partial charge is 0.366 e. The van der Waals surface area contributed by atoms with Crippen LogP contribution in [0.4, 0.5) is 5.69 Å². The van der Waals surface area contributed by atoms with Crippen molar-refractivity contribution in [1.29, 1.82) is 0 Å². The van der Waals surface area contributed by atoms with Crippen LogP contribution in [0.5, 0.6) is 0 Å². The van der Waals surface area contributed by atoms with E-state index < -0.39 is 28.4 Å². The minimum Gasteiger partial charge on any atom is -0.366 e. The van der Waals surface area contributed by atoms with E-state index in [1.165, 1.54) is 48.5 Å². The molecule has 0 aliphatic heterocycles. The zero-order valence-electron chi connectivity index (χ0n) is 17.3. The number of carbonyl (C=O) groups is 2. The monoisotopic (exact) mass is 471 g/mol. The molecule has 32 heavy (non-hydrogen) atoms. The summed E-state index contributed by atoms with van der Waals surface area (Å²) in [6, 6.07) is 19.2. The van der Waals surface area contributed by atoms with Crippen LogP contribution in [0.2, 0.25) is 5.02 Å². The van der Waals surface area contributed by atoms with E-state index in [0.717, 1.165) is 15.4 Å². The van der Waals surface area contributed by atoms with Crippen molar-refractivity contribution in [3.63, 3.8) is 0 Å². The number of rotatable bonds is 8. The highest BCUT2D eigenvalue weighted by molar-refractivity contribution is 7.89. The molecule has 0 saturated heterocycles. The SMILES string of the molecule is Cc1ccc(CN(CC(=O)Nc2ccc(C(N)=O)cc2)S(=O)(=O)c2ccc(Cl)cc2)cc1. The third-order valence-corrected chi connectivity index (χ3v) is 6.76. The summed E-state index contributed by atoms with van der Waals surface area (Å²) < 4.78 is 27.7. The van der Waals surface area contributed by atoms with Gasteiger partial charge in [0.15, 0.2) is 0 Å². The fourth-order valence-corrected chi connectivity index (χ4v) is 4.47. The maximum absolute atomic E-state index is 13.3. The van der Waals surface area contributed by atoms with Crippen LogP contribution < -0.4 is 11.1 Å². The summed E-state index contributed by atoms with van der Waals surface area (Å²) in [5, 5.41) is 3.06. The number of hydrogen-bond acceptors (Lipinski definition) is 4. The lowest BCUT2D eigenvalue weighted by atomic mass is 10.1. The molecule has 3 aromatic rings. The van der Waals surface area contributed by atoms with Gasteiger partial charge < -0.3 is 11.1 Å². The van der Waals surface area contributed by atoms with Gasteiger partial charge in [-0.25, -0.2) is 8.42 Å². The van der Waals surface area contributed by atoms with Crippen LogP contribution in [-0.4, -0.2) is 31.1 Å². The first kappa shape index (κ1) is 23.5. The molecule has 0 aliphatic rings. The second-order valence-corrected chi connectivity index (χ2v) is 9.58. The van der Waals surface area contributed by atoms with Gasteiger partial charge >= 0.3 is 0 Å². The molecule has 0 aromatic heterocycles. The normalized spacial score (nSPS) is 11.3. The Bertz CT molecular complexity index is 1210. The minimum atomic E-state index is -3.98. The van der Waals surface area contributed by atoms with Crippen LogP contribution in [0.1, 0.15) is 21.5 Å². The number of carbonyl (C=O) groups excluding carboxylic acids is 2. The zero-order chi connectivity index (χ0) is 23.3. The quantitative estimate of drug-likeness (QED) is 0.523. The maximum atomic E-state index is 13.3. The third kappa shape index (κ3) is 5.94. The molecule has 3 rings (SSSR count). The number of sulfonamides is 1. The van der Waals surface area contributed by atoms with E-state index in [2.05, 4.69) is 5.32 Å². The van der Waals surface area contributed by atoms with Crippen molar-refractivity contribution in [2.24, 2.45) is 5.73 Å². The van der Waals surface area contributed by atoms with Gasteiger partial charge in [0.1, 0.15) is 0 Å². The molecule has 7 nitrogen and oxygen atoms in total. The lowest BCUT2D eigenvalue weighted by Gasteiger charge is -2.22. The molecule has 0 unspecified atom stereocenters. The summed E-state index contributed by atoms with van der Waals surface area (Å²) in [4.78, 5) is 23.9. The first-order valence-corrected chi connectivity index (χ1v) is 11.5. The highest BCUT2D eigenvalue weighted by atomic mass is 35.5. The number of anilines is 1. The van der Waals surface area contributed by atoms with E-state index in [-0.39, 0.29) is 11.4 Å². The fraction of sp³-hybridized carbons (Fsp3) is 0.130. The Morgan fingerprint density at radius 2 is 1.53 bits per heavy atom. The van der Waals surface area contributed by atoms with Crippen molar-refractivity contribution in [3.8, 4) is 0 Å². The number of hydrogen-bond donors (Lipinski definition) is 2. The van der Waals surface area contributed by atoms with Gasteiger partial charge in [-0.05, 0) is 61.0 Å². The standard InChI is InChI=1S/C23H22ClN3O4S/c1-16-2-4-17(5-3-16)14-27(32(30,31)21-12-8-19(24)9-13-21)15-22(28)26-20-10-6-18(7-11-20)23(25)29/h2-13H,14-15H2,1H3,(H2,25,29)(H,26,28). The second-order valence-electron chi connectivity index (χ2n) is 7.20. The van der Waals surface area contributed by atoms with Gasteiger partial charge in [0, 0.05) is 22.8 Å². The van der Waals surface area contributed by atoms with Crippen LogP contribution in [0.3, 0.4) is 0 Å². The summed E-state index contributed by atoms with van der Waals surface area (Å²) in [5.41, 5.74) is 7.72. The smallest absolute Gasteiger partial charge is 0.248 e. The molecule has 0 fully saturated rings. The molecular formula is C23H22ClN3O4S. The van der Waals surface area contributed by atoms with Gasteiger partial charge in [0.05, 0.1) is 11.4 Å². The summed E-state index contributed by atoms with van der Waals surface area (Å²) in [6.07, 6.45) is 0. The Morgan fingerprint density at radius 3 is 2.09 bits per heavy atom. The molecule has 0 saturated carbocycles. The van der Waals surface area contributed by atoms with E-state index in [9.17, 15) is 18.0 Å². The highest BCUT2D eigenvalue weighted by Crippen LogP contribution is 2.21. The van der Waals surface area contributed by atoms with Gasteiger partial charge in [0.2, 0.25) is 21.8 Å². The minimum absolute atomic E-state index is 0.0132. The Labute approximate surface area is 191 Å². The van der Waals surface area contributed by atoms with E-state index in [0.29, 0.717) is 16.3 Å². The first-order chi connectivity index (χ1) is 15.1. The van der Waals surface area contributed by atoms with Crippen molar-refractivity contribution in [2.75, 3.05) is 11.9 Å². The van der Waals surface area contributed by atoms with Crippen LogP contribution in [0, 0.1) is 6.92 Å². The van der Waals surface area contributed by atoms with Crippen LogP contribution in [0.25, 0.3) is 0 Å². The van der Waals surface area contributed by atoms with Gasteiger partial charge in [-0.15, -0.1) is 0 Å². The van der Waals surface area contributed by atoms with Gasteiger partial charge in [-0.3, -0.25) is 9.59 Å². The predicted octanol–water partition coefficient (Wildman–Crippen LogP) is 3.58. The molecule has 166 valence electrons. The summed E-state index contributed by atoms with van der Waals surface area (Å²) >= 11 is 5.89. The molecule has 2 amide bonds.